The van der Waals surface area contributed by atoms with Gasteiger partial charge in [-0.25, -0.2) is 0 Å². The summed E-state index contributed by atoms with van der Waals surface area (Å²) in [7, 11) is 1.94. The number of hydrogen-bond donors (Lipinski definition) is 1. The van der Waals surface area contributed by atoms with Gasteiger partial charge in [-0.3, -0.25) is 0 Å². The summed E-state index contributed by atoms with van der Waals surface area (Å²) in [5.74, 6) is 2.23. The highest BCUT2D eigenvalue weighted by Gasteiger charge is 2.05. The number of benzene rings is 2. The van der Waals surface area contributed by atoms with Crippen molar-refractivity contribution in [2.45, 2.75) is 26.3 Å². The molecule has 0 unspecified atom stereocenters. The van der Waals surface area contributed by atoms with Crippen molar-refractivity contribution in [3.05, 3.63) is 58.1 Å². The van der Waals surface area contributed by atoms with E-state index in [-0.39, 0.29) is 0 Å². The Morgan fingerprint density at radius 2 is 1.80 bits per heavy atom. The lowest BCUT2D eigenvalue weighted by atomic mass is 10.0. The fourth-order valence-electron chi connectivity index (χ4n) is 1.99. The Bertz CT molecular complexity index is 564. The Morgan fingerprint density at radius 3 is 2.35 bits per heavy atom. The van der Waals surface area contributed by atoms with Crippen molar-refractivity contribution in [2.24, 2.45) is 0 Å². The van der Waals surface area contributed by atoms with E-state index in [1.54, 1.807) is 0 Å². The van der Waals surface area contributed by atoms with Crippen LogP contribution in [0.4, 0.5) is 0 Å². The molecule has 0 heterocycles. The van der Waals surface area contributed by atoms with Gasteiger partial charge in [0.25, 0.3) is 0 Å². The number of rotatable bonds is 5. The molecule has 3 heteroatoms. The van der Waals surface area contributed by atoms with Gasteiger partial charge in [0.2, 0.25) is 0 Å². The van der Waals surface area contributed by atoms with E-state index in [4.69, 9.17) is 4.74 Å². The molecule has 0 aromatic heterocycles. The number of hydrogen-bond acceptors (Lipinski definition) is 2. The average Bonchev–Trinajstić information content (AvgIpc) is 2.43. The van der Waals surface area contributed by atoms with Crippen molar-refractivity contribution in [3.8, 4) is 11.5 Å². The quantitative estimate of drug-likeness (QED) is 0.823. The minimum absolute atomic E-state index is 0.539. The molecule has 1 N–H and O–H groups in total. The van der Waals surface area contributed by atoms with Crippen LogP contribution in [0.3, 0.4) is 0 Å². The van der Waals surface area contributed by atoms with Crippen LogP contribution in [0.25, 0.3) is 0 Å². The lowest BCUT2D eigenvalue weighted by molar-refractivity contribution is 0.479. The fraction of sp³-hybridized carbons (Fsp3) is 0.294. The highest BCUT2D eigenvalue weighted by molar-refractivity contribution is 9.10. The maximum atomic E-state index is 5.91. The second-order valence-corrected chi connectivity index (χ2v) is 5.98. The molecule has 2 nitrogen and oxygen atoms in total. The summed E-state index contributed by atoms with van der Waals surface area (Å²) < 4.78 is 6.88. The van der Waals surface area contributed by atoms with Gasteiger partial charge in [-0.15, -0.1) is 0 Å². The third kappa shape index (κ3) is 3.84. The Balaban J connectivity index is 2.13. The molecule has 0 radical (unpaired) electrons. The second-order valence-electron chi connectivity index (χ2n) is 5.12. The highest BCUT2D eigenvalue weighted by atomic mass is 79.9. The first-order valence-electron chi connectivity index (χ1n) is 6.81. The number of ether oxygens (including phenoxy) is 1. The SMILES string of the molecule is CNCc1ccc(Oc2ccc(C(C)C)cc2)c(Br)c1. The zero-order valence-corrected chi connectivity index (χ0v) is 13.7. The van der Waals surface area contributed by atoms with Gasteiger partial charge in [0.05, 0.1) is 4.47 Å². The van der Waals surface area contributed by atoms with E-state index in [0.29, 0.717) is 5.92 Å². The molecule has 0 atom stereocenters. The molecule has 0 spiro atoms. The summed E-state index contributed by atoms with van der Waals surface area (Å²) in [4.78, 5) is 0. The Kier molecular flexibility index (Phi) is 5.21. The number of halogens is 1. The van der Waals surface area contributed by atoms with Crippen LogP contribution in [0.5, 0.6) is 11.5 Å². The molecule has 2 rings (SSSR count). The zero-order chi connectivity index (χ0) is 14.5. The first-order chi connectivity index (χ1) is 9.60. The molecule has 0 saturated carbocycles. The summed E-state index contributed by atoms with van der Waals surface area (Å²) in [6, 6.07) is 14.4. The predicted molar refractivity (Wildman–Crippen MR) is 87.5 cm³/mol. The van der Waals surface area contributed by atoms with Crippen LogP contribution in [-0.2, 0) is 6.54 Å². The lowest BCUT2D eigenvalue weighted by Crippen LogP contribution is -2.04. The van der Waals surface area contributed by atoms with Crippen molar-refractivity contribution in [3.63, 3.8) is 0 Å². The first kappa shape index (κ1) is 15.1. The third-order valence-electron chi connectivity index (χ3n) is 3.15. The van der Waals surface area contributed by atoms with E-state index < -0.39 is 0 Å². The van der Waals surface area contributed by atoms with Gasteiger partial charge in [0.1, 0.15) is 11.5 Å². The van der Waals surface area contributed by atoms with Crippen LogP contribution >= 0.6 is 15.9 Å². The first-order valence-corrected chi connectivity index (χ1v) is 7.60. The van der Waals surface area contributed by atoms with E-state index in [1.165, 1.54) is 11.1 Å². The van der Waals surface area contributed by atoms with Crippen molar-refractivity contribution in [1.82, 2.24) is 5.32 Å². The second kappa shape index (κ2) is 6.91. The Morgan fingerprint density at radius 1 is 1.10 bits per heavy atom. The van der Waals surface area contributed by atoms with Gasteiger partial charge >= 0.3 is 0 Å². The zero-order valence-electron chi connectivity index (χ0n) is 12.1. The Labute approximate surface area is 129 Å². The van der Waals surface area contributed by atoms with Gasteiger partial charge in [-0.2, -0.15) is 0 Å². The van der Waals surface area contributed by atoms with E-state index in [2.05, 4.69) is 59.4 Å². The summed E-state index contributed by atoms with van der Waals surface area (Å²) in [5, 5.41) is 3.14. The predicted octanol–water partition coefficient (Wildman–Crippen LogP) is 5.08. The van der Waals surface area contributed by atoms with E-state index >= 15 is 0 Å². The van der Waals surface area contributed by atoms with Crippen molar-refractivity contribution < 1.29 is 4.74 Å². The van der Waals surface area contributed by atoms with Crippen LogP contribution in [-0.4, -0.2) is 7.05 Å². The molecule has 0 fully saturated rings. The molecule has 2 aromatic carbocycles. The Hall–Kier alpha value is -1.32. The normalized spacial score (nSPS) is 10.8. The third-order valence-corrected chi connectivity index (χ3v) is 3.77. The summed E-state index contributed by atoms with van der Waals surface area (Å²) in [5.41, 5.74) is 2.54. The molecule has 0 amide bonds. The molecular weight excluding hydrogens is 314 g/mol. The van der Waals surface area contributed by atoms with Crippen LogP contribution in [0, 0.1) is 0 Å². The molecule has 0 aliphatic rings. The minimum atomic E-state index is 0.539. The molecule has 0 aliphatic heterocycles. The van der Waals surface area contributed by atoms with E-state index in [9.17, 15) is 0 Å². The molecule has 0 bridgehead atoms. The van der Waals surface area contributed by atoms with Gasteiger partial charge in [-0.05, 0) is 64.3 Å². The topological polar surface area (TPSA) is 21.3 Å². The summed E-state index contributed by atoms with van der Waals surface area (Å²) in [6.07, 6.45) is 0. The minimum Gasteiger partial charge on any atom is -0.456 e. The van der Waals surface area contributed by atoms with Crippen LogP contribution in [0.2, 0.25) is 0 Å². The average molecular weight is 334 g/mol. The standard InChI is InChI=1S/C17H20BrNO/c1-12(2)14-5-7-15(8-6-14)20-17-9-4-13(11-19-3)10-16(17)18/h4-10,12,19H,11H2,1-3H3. The van der Waals surface area contributed by atoms with E-state index in [0.717, 1.165) is 22.5 Å². The molecule has 0 aliphatic carbocycles. The van der Waals surface area contributed by atoms with Crippen molar-refractivity contribution >= 4 is 15.9 Å². The van der Waals surface area contributed by atoms with Crippen molar-refractivity contribution in [2.75, 3.05) is 7.05 Å². The largest absolute Gasteiger partial charge is 0.456 e. The maximum absolute atomic E-state index is 5.91. The number of nitrogens with one attached hydrogen (secondary N) is 1. The van der Waals surface area contributed by atoms with Crippen molar-refractivity contribution in [1.29, 1.82) is 0 Å². The molecule has 2 aromatic rings. The molecule has 106 valence electrons. The highest BCUT2D eigenvalue weighted by Crippen LogP contribution is 2.31. The lowest BCUT2D eigenvalue weighted by Gasteiger charge is -2.11. The molecular formula is C17H20BrNO. The van der Waals surface area contributed by atoms with Gasteiger partial charge < -0.3 is 10.1 Å². The fourth-order valence-corrected chi connectivity index (χ4v) is 2.50. The smallest absolute Gasteiger partial charge is 0.141 e. The molecule has 0 saturated heterocycles. The monoisotopic (exact) mass is 333 g/mol. The summed E-state index contributed by atoms with van der Waals surface area (Å²) in [6.45, 7) is 5.22. The maximum Gasteiger partial charge on any atom is 0.141 e. The van der Waals surface area contributed by atoms with Gasteiger partial charge in [0.15, 0.2) is 0 Å². The van der Waals surface area contributed by atoms with Crippen LogP contribution < -0.4 is 10.1 Å². The van der Waals surface area contributed by atoms with E-state index in [1.807, 2.05) is 25.2 Å². The van der Waals surface area contributed by atoms with Crippen LogP contribution in [0.1, 0.15) is 30.9 Å². The molecule has 20 heavy (non-hydrogen) atoms. The van der Waals surface area contributed by atoms with Gasteiger partial charge in [0, 0.05) is 6.54 Å². The summed E-state index contributed by atoms with van der Waals surface area (Å²) >= 11 is 3.56. The van der Waals surface area contributed by atoms with Gasteiger partial charge in [-0.1, -0.05) is 32.0 Å². The van der Waals surface area contributed by atoms with Crippen LogP contribution in [0.15, 0.2) is 46.9 Å².